The van der Waals surface area contributed by atoms with E-state index in [1.165, 1.54) is 0 Å². The molecule has 3 aromatic rings. The van der Waals surface area contributed by atoms with Crippen LogP contribution in [0.1, 0.15) is 10.4 Å². The number of fused-ring (bicyclic) bond motifs is 1. The predicted molar refractivity (Wildman–Crippen MR) is 94.1 cm³/mol. The molecule has 0 aliphatic rings. The van der Waals surface area contributed by atoms with Gasteiger partial charge in [-0.3, -0.25) is 9.78 Å². The molecule has 116 valence electrons. The lowest BCUT2D eigenvalue weighted by atomic mass is 10.0. The highest BCUT2D eigenvalue weighted by atomic mass is 79.9. The van der Waals surface area contributed by atoms with Crippen LogP contribution in [0.5, 0.6) is 0 Å². The average molecular weight is 371 g/mol. The molecule has 3 rings (SSSR count). The summed E-state index contributed by atoms with van der Waals surface area (Å²) in [4.78, 5) is 21.2. The van der Waals surface area contributed by atoms with Gasteiger partial charge in [0.25, 0.3) is 5.91 Å². The van der Waals surface area contributed by atoms with Gasteiger partial charge in [0.1, 0.15) is 0 Å². The highest BCUT2D eigenvalue weighted by Crippen LogP contribution is 2.27. The number of hydrogen-bond donors (Lipinski definition) is 2. The second-order valence-corrected chi connectivity index (χ2v) is 5.91. The number of rotatable bonds is 4. The van der Waals surface area contributed by atoms with Gasteiger partial charge in [0.05, 0.1) is 16.8 Å². The third-order valence-corrected chi connectivity index (χ3v) is 3.91. The van der Waals surface area contributed by atoms with Gasteiger partial charge in [-0.25, -0.2) is 4.98 Å². The van der Waals surface area contributed by atoms with Gasteiger partial charge in [-0.05, 0) is 36.4 Å². The second kappa shape index (κ2) is 6.85. The molecule has 0 unspecified atom stereocenters. The predicted octanol–water partition coefficient (Wildman–Crippen LogP) is 2.75. The van der Waals surface area contributed by atoms with Crippen molar-refractivity contribution in [2.45, 2.75) is 0 Å². The summed E-state index contributed by atoms with van der Waals surface area (Å²) < 4.78 is 0.899. The fourth-order valence-corrected chi connectivity index (χ4v) is 2.70. The zero-order valence-electron chi connectivity index (χ0n) is 12.3. The van der Waals surface area contributed by atoms with Crippen molar-refractivity contribution < 1.29 is 4.79 Å². The number of nitrogens with one attached hydrogen (secondary N) is 1. The molecule has 0 saturated carbocycles. The third-order valence-electron chi connectivity index (χ3n) is 3.42. The summed E-state index contributed by atoms with van der Waals surface area (Å²) in [7, 11) is 0. The van der Waals surface area contributed by atoms with Crippen molar-refractivity contribution in [2.24, 2.45) is 5.73 Å². The molecule has 6 heteroatoms. The Kier molecular flexibility index (Phi) is 4.64. The quantitative estimate of drug-likeness (QED) is 0.739. The molecule has 0 radical (unpaired) electrons. The number of halogens is 1. The molecule has 2 aromatic heterocycles. The van der Waals surface area contributed by atoms with Gasteiger partial charge >= 0.3 is 0 Å². The second-order valence-electron chi connectivity index (χ2n) is 5.00. The first-order valence-electron chi connectivity index (χ1n) is 7.18. The van der Waals surface area contributed by atoms with Crippen LogP contribution in [-0.2, 0) is 0 Å². The molecule has 5 nitrogen and oxygen atoms in total. The molecule has 0 spiro atoms. The molecule has 3 N–H and O–H groups in total. The molecule has 23 heavy (non-hydrogen) atoms. The van der Waals surface area contributed by atoms with Crippen molar-refractivity contribution in [1.29, 1.82) is 0 Å². The lowest BCUT2D eigenvalue weighted by Gasteiger charge is -2.10. The third kappa shape index (κ3) is 3.38. The summed E-state index contributed by atoms with van der Waals surface area (Å²) in [5, 5.41) is 3.62. The first-order valence-corrected chi connectivity index (χ1v) is 7.97. The summed E-state index contributed by atoms with van der Waals surface area (Å²) in [5.41, 5.74) is 8.47. The molecule has 0 atom stereocenters. The van der Waals surface area contributed by atoms with E-state index in [4.69, 9.17) is 5.73 Å². The Balaban J connectivity index is 2.18. The number of benzene rings is 1. The summed E-state index contributed by atoms with van der Waals surface area (Å²) in [6.07, 6.45) is 3.41. The minimum absolute atomic E-state index is 0.156. The fourth-order valence-electron chi connectivity index (χ4n) is 2.34. The van der Waals surface area contributed by atoms with E-state index in [2.05, 4.69) is 31.2 Å². The molecule has 0 saturated heterocycles. The van der Waals surface area contributed by atoms with Gasteiger partial charge in [0.15, 0.2) is 0 Å². The van der Waals surface area contributed by atoms with Gasteiger partial charge in [-0.2, -0.15) is 0 Å². The number of pyridine rings is 2. The number of nitrogens with two attached hydrogens (primary N) is 1. The van der Waals surface area contributed by atoms with Crippen LogP contribution in [0.15, 0.2) is 53.3 Å². The SMILES string of the molecule is NCCNC(=O)c1cc(-c2ccncc2)nc2ccc(Br)cc12. The summed E-state index contributed by atoms with van der Waals surface area (Å²) in [6, 6.07) is 11.2. The maximum atomic E-state index is 12.5. The topological polar surface area (TPSA) is 80.9 Å². The van der Waals surface area contributed by atoms with Gasteiger partial charge in [0.2, 0.25) is 0 Å². The Morgan fingerprint density at radius 3 is 2.70 bits per heavy atom. The smallest absolute Gasteiger partial charge is 0.252 e. The van der Waals surface area contributed by atoms with E-state index in [-0.39, 0.29) is 5.91 Å². The Morgan fingerprint density at radius 2 is 1.96 bits per heavy atom. The first-order chi connectivity index (χ1) is 11.2. The van der Waals surface area contributed by atoms with Gasteiger partial charge in [0, 0.05) is 40.9 Å². The number of aromatic nitrogens is 2. The Hall–Kier alpha value is -2.31. The summed E-state index contributed by atoms with van der Waals surface area (Å²) in [6.45, 7) is 0.830. The van der Waals surface area contributed by atoms with Crippen molar-refractivity contribution in [2.75, 3.05) is 13.1 Å². The van der Waals surface area contributed by atoms with Gasteiger partial charge in [-0.1, -0.05) is 15.9 Å². The van der Waals surface area contributed by atoms with Gasteiger partial charge in [-0.15, -0.1) is 0 Å². The normalized spacial score (nSPS) is 10.7. The molecule has 1 aromatic carbocycles. The van der Waals surface area contributed by atoms with E-state index in [1.54, 1.807) is 18.5 Å². The van der Waals surface area contributed by atoms with Crippen LogP contribution >= 0.6 is 15.9 Å². The molecular formula is C17H15BrN4O. The van der Waals surface area contributed by atoms with Crippen LogP contribution in [0.25, 0.3) is 22.2 Å². The van der Waals surface area contributed by atoms with Crippen LogP contribution in [0.4, 0.5) is 0 Å². The van der Waals surface area contributed by atoms with Crippen LogP contribution in [-0.4, -0.2) is 29.0 Å². The number of amides is 1. The number of carbonyl (C=O) groups is 1. The Labute approximate surface area is 142 Å². The van der Waals surface area contributed by atoms with Crippen LogP contribution < -0.4 is 11.1 Å². The summed E-state index contributed by atoms with van der Waals surface area (Å²) >= 11 is 3.44. The van der Waals surface area contributed by atoms with E-state index in [0.717, 1.165) is 26.6 Å². The maximum absolute atomic E-state index is 12.5. The van der Waals surface area contributed by atoms with Crippen molar-refractivity contribution in [3.63, 3.8) is 0 Å². The number of carbonyl (C=O) groups excluding carboxylic acids is 1. The van der Waals surface area contributed by atoms with E-state index >= 15 is 0 Å². The van der Waals surface area contributed by atoms with Crippen molar-refractivity contribution >= 4 is 32.7 Å². The van der Waals surface area contributed by atoms with Crippen LogP contribution in [0.3, 0.4) is 0 Å². The van der Waals surface area contributed by atoms with E-state index < -0.39 is 0 Å². The van der Waals surface area contributed by atoms with Crippen LogP contribution in [0, 0.1) is 0 Å². The van der Waals surface area contributed by atoms with Gasteiger partial charge < -0.3 is 11.1 Å². The van der Waals surface area contributed by atoms with E-state index in [1.807, 2.05) is 30.3 Å². The Morgan fingerprint density at radius 1 is 1.17 bits per heavy atom. The highest BCUT2D eigenvalue weighted by molar-refractivity contribution is 9.10. The molecule has 2 heterocycles. The zero-order chi connectivity index (χ0) is 16.2. The number of nitrogens with zero attached hydrogens (tertiary/aromatic N) is 2. The zero-order valence-corrected chi connectivity index (χ0v) is 13.9. The minimum atomic E-state index is -0.156. The van der Waals surface area contributed by atoms with Crippen molar-refractivity contribution in [3.05, 3.63) is 58.8 Å². The molecule has 0 aliphatic carbocycles. The molecule has 1 amide bonds. The lowest BCUT2D eigenvalue weighted by Crippen LogP contribution is -2.29. The monoisotopic (exact) mass is 370 g/mol. The maximum Gasteiger partial charge on any atom is 0.252 e. The molecule has 0 fully saturated rings. The standard InChI is InChI=1S/C17H15BrN4O/c18-12-1-2-15-13(9-12)14(17(23)21-8-5-19)10-16(22-15)11-3-6-20-7-4-11/h1-4,6-7,9-10H,5,8,19H2,(H,21,23). The van der Waals surface area contributed by atoms with Crippen molar-refractivity contribution in [3.8, 4) is 11.3 Å². The summed E-state index contributed by atoms with van der Waals surface area (Å²) in [5.74, 6) is -0.156. The molecule has 0 bridgehead atoms. The van der Waals surface area contributed by atoms with E-state index in [9.17, 15) is 4.79 Å². The average Bonchev–Trinajstić information content (AvgIpc) is 2.59. The van der Waals surface area contributed by atoms with E-state index in [0.29, 0.717) is 18.7 Å². The fraction of sp³-hybridized carbons (Fsp3) is 0.118. The molecule has 0 aliphatic heterocycles. The first kappa shape index (κ1) is 15.6. The van der Waals surface area contributed by atoms with Crippen LogP contribution in [0.2, 0.25) is 0 Å². The highest BCUT2D eigenvalue weighted by Gasteiger charge is 2.14. The number of hydrogen-bond acceptors (Lipinski definition) is 4. The molecular weight excluding hydrogens is 356 g/mol. The largest absolute Gasteiger partial charge is 0.351 e. The minimum Gasteiger partial charge on any atom is -0.351 e. The Bertz CT molecular complexity index is 852. The lowest BCUT2D eigenvalue weighted by molar-refractivity contribution is 0.0956. The van der Waals surface area contributed by atoms with Crippen molar-refractivity contribution in [1.82, 2.24) is 15.3 Å².